The van der Waals surface area contributed by atoms with Gasteiger partial charge in [-0.25, -0.2) is 14.6 Å². The normalized spacial score (nSPS) is 24.8. The number of hydrazine groups is 1. The number of likely N-dealkylation sites (tertiary alicyclic amines) is 2. The first kappa shape index (κ1) is 45.6. The van der Waals surface area contributed by atoms with Crippen LogP contribution in [-0.4, -0.2) is 141 Å². The predicted molar refractivity (Wildman–Crippen MR) is 244 cm³/mol. The van der Waals surface area contributed by atoms with Gasteiger partial charge in [0, 0.05) is 104 Å². The Labute approximate surface area is 379 Å². The first-order valence-electron chi connectivity index (χ1n) is 22.5. The smallest absolute Gasteiger partial charge is 0.355 e. The molecule has 7 heterocycles. The molecule has 8 rings (SSSR count). The van der Waals surface area contributed by atoms with E-state index in [0.717, 1.165) is 64.2 Å². The third-order valence-electron chi connectivity index (χ3n) is 13.5. The van der Waals surface area contributed by atoms with E-state index in [1.807, 2.05) is 51.0 Å². The topological polar surface area (TPSA) is 175 Å². The number of thiazole rings is 1. The first-order valence-corrected chi connectivity index (χ1v) is 23.4. The van der Waals surface area contributed by atoms with Crippen molar-refractivity contribution in [2.45, 2.75) is 116 Å². The van der Waals surface area contributed by atoms with Gasteiger partial charge in [0.15, 0.2) is 0 Å². The second kappa shape index (κ2) is 17.8. The Morgan fingerprint density at radius 3 is 2.61 bits per heavy atom. The highest BCUT2D eigenvalue weighted by Gasteiger charge is 2.49. The molecule has 3 N–H and O–H groups in total. The maximum atomic E-state index is 14.6. The first-order chi connectivity index (χ1) is 30.4. The summed E-state index contributed by atoms with van der Waals surface area (Å²) in [5.41, 5.74) is 6.42. The second-order valence-corrected chi connectivity index (χ2v) is 20.2. The molecule has 4 amide bonds. The Balaban J connectivity index is 1.18. The predicted octanol–water partition coefficient (Wildman–Crippen LogP) is 4.99. The van der Waals surface area contributed by atoms with E-state index in [9.17, 15) is 24.3 Å². The highest BCUT2D eigenvalue weighted by atomic mass is 32.1. The van der Waals surface area contributed by atoms with Crippen molar-refractivity contribution < 1.29 is 33.8 Å². The number of esters is 1. The third-order valence-corrected chi connectivity index (χ3v) is 14.3. The Hall–Kier alpha value is -4.94. The van der Waals surface area contributed by atoms with Crippen molar-refractivity contribution in [2.75, 3.05) is 47.4 Å². The van der Waals surface area contributed by atoms with Crippen LogP contribution in [0.2, 0.25) is 0 Å². The molecule has 2 unspecified atom stereocenters. The standard InChI is InChI=1S/C47H63N9O7S/c1-10-54-37-15-14-29-19-33(37)34(41(54)32-13-11-17-48-39(32)28(4)62-9)22-46(5,6)26-63-44(59)47(61)16-12-18-55(51-47)43(58)35(21-38-49-36(29)25-64-38)50-42(57)40(27(2)3)53(8)45(60)56-30-20-31(56)24-52(7)23-30/h11,13-15,17,19,25,27-28,30-31,35,40,51,61H,10,12,16,18,20-24,26H2,1-9H3,(H,50,57)/t28-,30?,31?,35-,40-,47-/m0/s1. The number of urea groups is 1. The summed E-state index contributed by atoms with van der Waals surface area (Å²) in [6, 6.07) is 8.26. The van der Waals surface area contributed by atoms with E-state index >= 15 is 0 Å². The number of pyridine rings is 1. The van der Waals surface area contributed by atoms with Gasteiger partial charge in [0.05, 0.1) is 34.8 Å². The summed E-state index contributed by atoms with van der Waals surface area (Å²) in [6.45, 7) is 14.3. The van der Waals surface area contributed by atoms with E-state index in [0.29, 0.717) is 24.4 Å². The van der Waals surface area contributed by atoms with Crippen molar-refractivity contribution in [3.63, 3.8) is 0 Å². The van der Waals surface area contributed by atoms with Crippen LogP contribution in [0.15, 0.2) is 41.9 Å². The number of piperazine rings is 1. The number of likely N-dealkylation sites (N-methyl/N-ethyl adjacent to an activating group) is 2. The van der Waals surface area contributed by atoms with Gasteiger partial charge in [0.25, 0.3) is 5.91 Å². The summed E-state index contributed by atoms with van der Waals surface area (Å²) in [4.78, 5) is 72.5. The zero-order valence-electron chi connectivity index (χ0n) is 38.5. The summed E-state index contributed by atoms with van der Waals surface area (Å²) >= 11 is 1.39. The molecule has 0 spiro atoms. The van der Waals surface area contributed by atoms with Crippen LogP contribution < -0.4 is 10.7 Å². The minimum Gasteiger partial charge on any atom is -0.462 e. The summed E-state index contributed by atoms with van der Waals surface area (Å²) < 4.78 is 14.1. The highest BCUT2D eigenvalue weighted by molar-refractivity contribution is 7.10. The summed E-state index contributed by atoms with van der Waals surface area (Å²) in [5, 5.41) is 19.6. The molecular formula is C47H63N9O7S. The molecule has 64 heavy (non-hydrogen) atoms. The third kappa shape index (κ3) is 8.52. The molecule has 3 saturated heterocycles. The lowest BCUT2D eigenvalue weighted by atomic mass is 9.84. The van der Waals surface area contributed by atoms with Crippen LogP contribution in [0.1, 0.15) is 83.2 Å². The number of carbonyl (C=O) groups is 4. The molecule has 4 aromatic rings. The molecule has 4 aliphatic rings. The van der Waals surface area contributed by atoms with Gasteiger partial charge in [-0.15, -0.1) is 11.3 Å². The number of amides is 4. The molecular weight excluding hydrogens is 835 g/mol. The number of aliphatic hydroxyl groups is 1. The number of rotatable bonds is 8. The minimum absolute atomic E-state index is 0.0118. The summed E-state index contributed by atoms with van der Waals surface area (Å²) in [5.74, 6) is -2.21. The number of methoxy groups -OCH3 is 1. The van der Waals surface area contributed by atoms with E-state index in [1.54, 1.807) is 20.4 Å². The SMILES string of the molecule is CCn1c(-c2cccnc2[C@H](C)OC)c2c3cc(ccc31)-c1csc(n1)C[C@H](NC(=O)[C@H](C(C)C)N(C)C(=O)N1C3CC1CN(C)C3)C(=O)N1CCC[C@@](O)(N1)C(=O)OCC(C)(C)C2. The van der Waals surface area contributed by atoms with Crippen molar-refractivity contribution in [3.8, 4) is 22.5 Å². The van der Waals surface area contributed by atoms with Crippen LogP contribution in [0.25, 0.3) is 33.4 Å². The Kier molecular flexibility index (Phi) is 12.7. The second-order valence-electron chi connectivity index (χ2n) is 19.2. The molecule has 344 valence electrons. The average molecular weight is 898 g/mol. The Morgan fingerprint density at radius 2 is 1.91 bits per heavy atom. The number of fused-ring (bicyclic) bond motifs is 8. The van der Waals surface area contributed by atoms with E-state index in [-0.39, 0.29) is 56.1 Å². The number of nitrogens with one attached hydrogen (secondary N) is 2. The molecule has 4 aliphatic heterocycles. The fourth-order valence-electron chi connectivity index (χ4n) is 10.2. The van der Waals surface area contributed by atoms with Gasteiger partial charge in [-0.2, -0.15) is 5.43 Å². The van der Waals surface area contributed by atoms with Gasteiger partial charge >= 0.3 is 12.0 Å². The van der Waals surface area contributed by atoms with Crippen LogP contribution in [0.5, 0.6) is 0 Å². The maximum Gasteiger partial charge on any atom is 0.355 e. The van der Waals surface area contributed by atoms with Gasteiger partial charge in [0.1, 0.15) is 12.1 Å². The van der Waals surface area contributed by atoms with Gasteiger partial charge in [-0.3, -0.25) is 19.6 Å². The van der Waals surface area contributed by atoms with Gasteiger partial charge in [-0.1, -0.05) is 33.8 Å². The summed E-state index contributed by atoms with van der Waals surface area (Å²) in [7, 11) is 5.37. The van der Waals surface area contributed by atoms with Crippen molar-refractivity contribution >= 4 is 46.1 Å². The number of nitrogens with zero attached hydrogens (tertiary/aromatic N) is 7. The Bertz CT molecular complexity index is 2420. The maximum absolute atomic E-state index is 14.6. The fourth-order valence-corrected chi connectivity index (χ4v) is 11.1. The lowest BCUT2D eigenvalue weighted by Crippen LogP contribution is -2.72. The number of ether oxygens (including phenoxy) is 2. The number of hydrogen-bond acceptors (Lipinski definition) is 12. The minimum atomic E-state index is -2.20. The van der Waals surface area contributed by atoms with E-state index in [1.165, 1.54) is 21.2 Å². The molecule has 17 heteroatoms. The molecule has 0 aliphatic carbocycles. The van der Waals surface area contributed by atoms with Crippen molar-refractivity contribution in [3.05, 3.63) is 58.2 Å². The lowest BCUT2D eigenvalue weighted by molar-refractivity contribution is -0.189. The molecule has 16 nitrogen and oxygen atoms in total. The van der Waals surface area contributed by atoms with Gasteiger partial charge < -0.3 is 39.2 Å². The fraction of sp³-hybridized carbons (Fsp3) is 0.574. The number of benzene rings is 1. The summed E-state index contributed by atoms with van der Waals surface area (Å²) in [6.07, 6.45) is 3.28. The molecule has 0 radical (unpaired) electrons. The van der Waals surface area contributed by atoms with Crippen LogP contribution >= 0.6 is 11.3 Å². The highest BCUT2D eigenvalue weighted by Crippen LogP contribution is 2.42. The van der Waals surface area contributed by atoms with Crippen molar-refractivity contribution in [1.29, 1.82) is 0 Å². The Morgan fingerprint density at radius 1 is 1.16 bits per heavy atom. The lowest BCUT2D eigenvalue weighted by Gasteiger charge is -2.56. The monoisotopic (exact) mass is 897 g/mol. The van der Waals surface area contributed by atoms with Crippen LogP contribution in [0.3, 0.4) is 0 Å². The number of cyclic esters (lactones) is 1. The number of aryl methyl sites for hydroxylation is 1. The number of piperidine rings is 1. The van der Waals surface area contributed by atoms with Crippen LogP contribution in [0, 0.1) is 11.3 Å². The van der Waals surface area contributed by atoms with E-state index in [2.05, 4.69) is 58.4 Å². The molecule has 3 aromatic heterocycles. The van der Waals surface area contributed by atoms with Gasteiger partial charge in [-0.05, 0) is 75.9 Å². The quantitative estimate of drug-likeness (QED) is 0.204. The van der Waals surface area contributed by atoms with E-state index < -0.39 is 41.0 Å². The zero-order valence-corrected chi connectivity index (χ0v) is 39.3. The molecule has 6 atom stereocenters. The number of carbonyl (C=O) groups excluding carboxylic acids is 4. The van der Waals surface area contributed by atoms with Crippen LogP contribution in [-0.2, 0) is 43.2 Å². The van der Waals surface area contributed by atoms with Gasteiger partial charge in [0.2, 0.25) is 11.6 Å². The largest absolute Gasteiger partial charge is 0.462 e. The molecule has 3 fully saturated rings. The average Bonchev–Trinajstić information content (AvgIpc) is 3.85. The molecule has 8 bridgehead atoms. The zero-order chi connectivity index (χ0) is 45.8. The number of hydrogen-bond donors (Lipinski definition) is 3. The van der Waals surface area contributed by atoms with Crippen molar-refractivity contribution in [2.24, 2.45) is 11.3 Å². The van der Waals surface area contributed by atoms with E-state index in [4.69, 9.17) is 19.4 Å². The number of aromatic nitrogens is 3. The molecule has 1 aromatic carbocycles. The van der Waals surface area contributed by atoms with Crippen molar-refractivity contribution in [1.82, 2.24) is 45.0 Å². The van der Waals surface area contributed by atoms with Crippen LogP contribution in [0.4, 0.5) is 4.79 Å². The molecule has 0 saturated carbocycles.